The van der Waals surface area contributed by atoms with Gasteiger partial charge in [0.2, 0.25) is 5.78 Å². The fourth-order valence-corrected chi connectivity index (χ4v) is 4.05. The summed E-state index contributed by atoms with van der Waals surface area (Å²) >= 11 is 6.78. The summed E-state index contributed by atoms with van der Waals surface area (Å²) in [5.74, 6) is -0.0476. The largest absolute Gasteiger partial charge is 0.285 e. The van der Waals surface area contributed by atoms with Crippen molar-refractivity contribution in [2.24, 2.45) is 0 Å². The summed E-state index contributed by atoms with van der Waals surface area (Å²) in [5.41, 5.74) is 2.35. The maximum atomic E-state index is 12.8. The van der Waals surface area contributed by atoms with Crippen LogP contribution in [0.25, 0.3) is 16.6 Å². The highest BCUT2D eigenvalue weighted by Gasteiger charge is 2.30. The number of benzene rings is 2. The van der Waals surface area contributed by atoms with E-state index in [1.807, 2.05) is 19.1 Å². The van der Waals surface area contributed by atoms with Crippen LogP contribution < -0.4 is 5.56 Å². The van der Waals surface area contributed by atoms with E-state index in [1.54, 1.807) is 18.2 Å². The van der Waals surface area contributed by atoms with Crippen LogP contribution in [-0.4, -0.2) is 15.3 Å². The van der Waals surface area contributed by atoms with Crippen molar-refractivity contribution in [2.45, 2.75) is 6.92 Å². The molecule has 0 amide bonds. The zero-order valence-corrected chi connectivity index (χ0v) is 14.5. The zero-order chi connectivity index (χ0) is 15.6. The van der Waals surface area contributed by atoms with E-state index in [9.17, 15) is 9.59 Å². The van der Waals surface area contributed by atoms with Crippen LogP contribution in [0.1, 0.15) is 21.7 Å². The molecule has 0 saturated heterocycles. The predicted molar refractivity (Wildman–Crippen MR) is 90.9 cm³/mol. The van der Waals surface area contributed by atoms with Gasteiger partial charge in [-0.1, -0.05) is 27.6 Å². The summed E-state index contributed by atoms with van der Waals surface area (Å²) in [7, 11) is 0. The van der Waals surface area contributed by atoms with Gasteiger partial charge in [-0.3, -0.25) is 14.2 Å². The summed E-state index contributed by atoms with van der Waals surface area (Å²) in [6.45, 7) is 1.91. The number of aromatic nitrogens is 2. The maximum absolute atomic E-state index is 12.8. The van der Waals surface area contributed by atoms with Crippen molar-refractivity contribution in [3.05, 3.63) is 66.6 Å². The van der Waals surface area contributed by atoms with E-state index in [-0.39, 0.29) is 17.2 Å². The lowest BCUT2D eigenvalue weighted by Crippen LogP contribution is -2.21. The number of fused-ring (bicyclic) bond motifs is 4. The minimum atomic E-state index is -0.238. The van der Waals surface area contributed by atoms with Gasteiger partial charge in [-0.05, 0) is 47.1 Å². The highest BCUT2D eigenvalue weighted by molar-refractivity contribution is 9.11. The zero-order valence-electron chi connectivity index (χ0n) is 11.4. The van der Waals surface area contributed by atoms with Crippen molar-refractivity contribution in [3.8, 4) is 5.69 Å². The Morgan fingerprint density at radius 2 is 1.86 bits per heavy atom. The Labute approximate surface area is 142 Å². The third kappa shape index (κ3) is 1.77. The molecule has 0 fully saturated rings. The van der Waals surface area contributed by atoms with Crippen molar-refractivity contribution in [1.82, 2.24) is 9.55 Å². The molecule has 1 aliphatic heterocycles. The number of aryl methyl sites for hydroxylation is 1. The first-order valence-corrected chi connectivity index (χ1v) is 8.13. The summed E-state index contributed by atoms with van der Waals surface area (Å²) in [6.07, 6.45) is 0. The molecule has 0 saturated carbocycles. The van der Waals surface area contributed by atoms with Gasteiger partial charge in [-0.15, -0.1) is 0 Å². The fourth-order valence-electron chi connectivity index (χ4n) is 2.74. The monoisotopic (exact) mass is 418 g/mol. The lowest BCUT2D eigenvalue weighted by atomic mass is 10.1. The first-order valence-electron chi connectivity index (χ1n) is 6.55. The Kier molecular flexibility index (Phi) is 2.90. The van der Waals surface area contributed by atoms with Gasteiger partial charge in [0.25, 0.3) is 5.56 Å². The summed E-state index contributed by atoms with van der Waals surface area (Å²) in [5, 5.41) is 0.464. The van der Waals surface area contributed by atoms with Crippen LogP contribution in [0.3, 0.4) is 0 Å². The third-order valence-electron chi connectivity index (χ3n) is 3.73. The van der Waals surface area contributed by atoms with Crippen LogP contribution >= 0.6 is 31.9 Å². The lowest BCUT2D eigenvalue weighted by molar-refractivity contribution is 0.103. The first-order chi connectivity index (χ1) is 10.5. The van der Waals surface area contributed by atoms with Gasteiger partial charge in [-0.25, -0.2) is 4.98 Å². The number of rotatable bonds is 0. The molecule has 0 unspecified atom stereocenters. The third-order valence-corrected chi connectivity index (χ3v) is 4.79. The van der Waals surface area contributed by atoms with Gasteiger partial charge in [0, 0.05) is 8.95 Å². The van der Waals surface area contributed by atoms with Crippen LogP contribution in [0.2, 0.25) is 0 Å². The molecule has 2 aromatic carbocycles. The van der Waals surface area contributed by atoms with Crippen molar-refractivity contribution in [2.75, 3.05) is 0 Å². The summed E-state index contributed by atoms with van der Waals surface area (Å²) < 4.78 is 2.86. The molecule has 6 heteroatoms. The van der Waals surface area contributed by atoms with Crippen molar-refractivity contribution in [3.63, 3.8) is 0 Å². The van der Waals surface area contributed by atoms with Crippen molar-refractivity contribution in [1.29, 1.82) is 0 Å². The topological polar surface area (TPSA) is 52.0 Å². The van der Waals surface area contributed by atoms with Gasteiger partial charge < -0.3 is 0 Å². The number of nitrogens with zero attached hydrogens (tertiary/aromatic N) is 2. The first kappa shape index (κ1) is 13.8. The molecule has 1 aliphatic rings. The predicted octanol–water partition coefficient (Wildman–Crippen LogP) is 3.76. The van der Waals surface area contributed by atoms with Crippen LogP contribution in [0.15, 0.2) is 44.1 Å². The molecule has 0 aliphatic carbocycles. The molecule has 3 aromatic rings. The van der Waals surface area contributed by atoms with E-state index in [2.05, 4.69) is 36.8 Å². The van der Waals surface area contributed by atoms with Gasteiger partial charge >= 0.3 is 0 Å². The molecule has 108 valence electrons. The molecule has 0 N–H and O–H groups in total. The second-order valence-corrected chi connectivity index (χ2v) is 6.98. The van der Waals surface area contributed by atoms with E-state index < -0.39 is 0 Å². The molecule has 2 heterocycles. The Bertz CT molecular complexity index is 1050. The lowest BCUT2D eigenvalue weighted by Gasteiger charge is -2.07. The number of carbonyl (C=O) groups is 1. The molecule has 0 bridgehead atoms. The number of carbonyl (C=O) groups excluding carboxylic acids is 1. The molecular formula is C16H8Br2N2O2. The van der Waals surface area contributed by atoms with Gasteiger partial charge in [0.15, 0.2) is 5.82 Å². The summed E-state index contributed by atoms with van der Waals surface area (Å²) in [6, 6.07) is 9.00. The highest BCUT2D eigenvalue weighted by atomic mass is 79.9. The van der Waals surface area contributed by atoms with E-state index in [0.29, 0.717) is 26.6 Å². The average Bonchev–Trinajstić information content (AvgIpc) is 2.74. The molecule has 1 aromatic heterocycles. The van der Waals surface area contributed by atoms with Crippen LogP contribution in [0.5, 0.6) is 0 Å². The standard InChI is InChI=1S/C16H8Br2N2O2/c1-7-2-3-12-9(4-7)14(21)15-19-13-10(16(22)20(12)15)5-8(17)6-11(13)18/h2-6H,1H3. The van der Waals surface area contributed by atoms with E-state index in [4.69, 9.17) is 0 Å². The van der Waals surface area contributed by atoms with Crippen LogP contribution in [0.4, 0.5) is 0 Å². The SMILES string of the molecule is Cc1ccc2c(c1)C(=O)c1nc3c(Br)cc(Br)cc3c(=O)n1-2. The number of hydrogen-bond donors (Lipinski definition) is 0. The van der Waals surface area contributed by atoms with Crippen molar-refractivity contribution >= 4 is 48.5 Å². The van der Waals surface area contributed by atoms with Gasteiger partial charge in [0.05, 0.1) is 22.2 Å². The quantitative estimate of drug-likeness (QED) is 0.436. The Morgan fingerprint density at radius 3 is 2.64 bits per heavy atom. The van der Waals surface area contributed by atoms with Gasteiger partial charge in [-0.2, -0.15) is 0 Å². The number of ketones is 1. The van der Waals surface area contributed by atoms with Crippen molar-refractivity contribution < 1.29 is 4.79 Å². The smallest absolute Gasteiger partial charge is 0.266 e. The van der Waals surface area contributed by atoms with E-state index >= 15 is 0 Å². The minimum Gasteiger partial charge on any atom is -0.285 e. The molecular weight excluding hydrogens is 412 g/mol. The Hall–Kier alpha value is -1.79. The maximum Gasteiger partial charge on any atom is 0.266 e. The van der Waals surface area contributed by atoms with Crippen LogP contribution in [0, 0.1) is 6.92 Å². The molecule has 4 nitrogen and oxygen atoms in total. The average molecular weight is 420 g/mol. The number of halogens is 2. The molecule has 22 heavy (non-hydrogen) atoms. The van der Waals surface area contributed by atoms with E-state index in [1.165, 1.54) is 4.57 Å². The van der Waals surface area contributed by atoms with E-state index in [0.717, 1.165) is 10.0 Å². The molecule has 0 atom stereocenters. The number of hydrogen-bond acceptors (Lipinski definition) is 3. The molecule has 0 spiro atoms. The van der Waals surface area contributed by atoms with Gasteiger partial charge in [0.1, 0.15) is 0 Å². The minimum absolute atomic E-state index is 0.168. The summed E-state index contributed by atoms with van der Waals surface area (Å²) in [4.78, 5) is 29.8. The molecule has 0 radical (unpaired) electrons. The second-order valence-electron chi connectivity index (χ2n) is 5.21. The Morgan fingerprint density at radius 1 is 1.09 bits per heavy atom. The Balaban J connectivity index is 2.20. The normalized spacial score (nSPS) is 12.6. The molecule has 4 rings (SSSR count). The second kappa shape index (κ2) is 4.60. The van der Waals surface area contributed by atoms with Crippen LogP contribution in [-0.2, 0) is 0 Å². The highest BCUT2D eigenvalue weighted by Crippen LogP contribution is 2.30. The fraction of sp³-hybridized carbons (Fsp3) is 0.0625.